The number of hydrogen-bond donors (Lipinski definition) is 1. The van der Waals surface area contributed by atoms with Crippen LogP contribution in [-0.2, 0) is 6.42 Å². The smallest absolute Gasteiger partial charge is 0.123 e. The number of nitrogens with one attached hydrogen (secondary N) is 1. The quantitative estimate of drug-likeness (QED) is 0.743. The van der Waals surface area contributed by atoms with Crippen LogP contribution in [0, 0.1) is 11.7 Å². The monoisotopic (exact) mass is 277 g/mol. The van der Waals surface area contributed by atoms with Crippen LogP contribution >= 0.6 is 0 Å². The van der Waals surface area contributed by atoms with Crippen molar-refractivity contribution in [1.82, 2.24) is 5.32 Å². The van der Waals surface area contributed by atoms with Crippen LogP contribution in [-0.4, -0.2) is 12.6 Å². The van der Waals surface area contributed by atoms with E-state index in [0.29, 0.717) is 6.04 Å². The molecule has 20 heavy (non-hydrogen) atoms. The minimum atomic E-state index is -0.113. The van der Waals surface area contributed by atoms with E-state index in [9.17, 15) is 4.39 Å². The van der Waals surface area contributed by atoms with Gasteiger partial charge in [0.25, 0.3) is 0 Å². The summed E-state index contributed by atoms with van der Waals surface area (Å²) in [6.07, 6.45) is 10.3. The Hall–Kier alpha value is -0.890. The first-order valence-corrected chi connectivity index (χ1v) is 8.27. The molecule has 0 aromatic heterocycles. The molecule has 0 saturated heterocycles. The lowest BCUT2D eigenvalue weighted by Crippen LogP contribution is -2.38. The van der Waals surface area contributed by atoms with E-state index in [4.69, 9.17) is 0 Å². The van der Waals surface area contributed by atoms with Crippen molar-refractivity contribution >= 4 is 0 Å². The lowest BCUT2D eigenvalue weighted by Gasteiger charge is -2.27. The Morgan fingerprint density at radius 2 is 1.95 bits per heavy atom. The average Bonchev–Trinajstić information content (AvgIpc) is 2.72. The van der Waals surface area contributed by atoms with Gasteiger partial charge in [0.15, 0.2) is 0 Å². The van der Waals surface area contributed by atoms with E-state index in [1.54, 1.807) is 6.07 Å². The molecule has 1 aromatic carbocycles. The second-order valence-electron chi connectivity index (χ2n) is 6.15. The molecule has 2 heteroatoms. The summed E-state index contributed by atoms with van der Waals surface area (Å²) in [5.41, 5.74) is 1.13. The summed E-state index contributed by atoms with van der Waals surface area (Å²) in [6.45, 7) is 3.27. The van der Waals surface area contributed by atoms with Gasteiger partial charge in [-0.25, -0.2) is 4.39 Å². The molecule has 1 fully saturated rings. The van der Waals surface area contributed by atoms with Crippen molar-refractivity contribution in [3.8, 4) is 0 Å². The molecule has 1 N–H and O–H groups in total. The Labute approximate surface area is 123 Å². The number of rotatable bonds is 6. The highest BCUT2D eigenvalue weighted by atomic mass is 19.1. The second-order valence-corrected chi connectivity index (χ2v) is 6.15. The Morgan fingerprint density at radius 3 is 2.60 bits per heavy atom. The Bertz CT molecular complexity index is 383. The van der Waals surface area contributed by atoms with Crippen molar-refractivity contribution in [3.05, 3.63) is 35.6 Å². The van der Waals surface area contributed by atoms with Crippen LogP contribution < -0.4 is 5.32 Å². The van der Waals surface area contributed by atoms with Crippen LogP contribution in [0.2, 0.25) is 0 Å². The summed E-state index contributed by atoms with van der Waals surface area (Å²) >= 11 is 0. The van der Waals surface area contributed by atoms with Crippen molar-refractivity contribution in [2.75, 3.05) is 6.54 Å². The molecule has 1 nitrogen and oxygen atoms in total. The van der Waals surface area contributed by atoms with E-state index in [1.807, 2.05) is 6.07 Å². The van der Waals surface area contributed by atoms with E-state index in [-0.39, 0.29) is 5.82 Å². The average molecular weight is 277 g/mol. The fourth-order valence-electron chi connectivity index (χ4n) is 3.37. The largest absolute Gasteiger partial charge is 0.313 e. The van der Waals surface area contributed by atoms with E-state index in [1.165, 1.54) is 44.6 Å². The zero-order valence-corrected chi connectivity index (χ0v) is 12.7. The van der Waals surface area contributed by atoms with Crippen LogP contribution in [0.4, 0.5) is 4.39 Å². The van der Waals surface area contributed by atoms with Crippen LogP contribution in [0.3, 0.4) is 0 Å². The molecule has 0 amide bonds. The van der Waals surface area contributed by atoms with Gasteiger partial charge in [-0.05, 0) is 55.8 Å². The fourth-order valence-corrected chi connectivity index (χ4v) is 3.37. The third-order valence-corrected chi connectivity index (χ3v) is 4.47. The van der Waals surface area contributed by atoms with Gasteiger partial charge in [-0.3, -0.25) is 0 Å². The molecule has 0 aliphatic heterocycles. The summed E-state index contributed by atoms with van der Waals surface area (Å²) in [7, 11) is 0. The third-order valence-electron chi connectivity index (χ3n) is 4.47. The number of benzene rings is 1. The van der Waals surface area contributed by atoms with Crippen molar-refractivity contribution in [2.45, 2.75) is 64.3 Å². The maximum Gasteiger partial charge on any atom is 0.123 e. The standard InChI is InChI=1S/C18H28FN/c1-2-12-20-18(16-9-5-3-4-6-10-16)14-15-8-7-11-17(19)13-15/h7-8,11,13,16,18,20H,2-6,9-10,12,14H2,1H3. The normalized spacial score (nSPS) is 18.7. The molecular weight excluding hydrogens is 249 g/mol. The van der Waals surface area contributed by atoms with E-state index < -0.39 is 0 Å². The first-order chi connectivity index (χ1) is 9.79. The zero-order chi connectivity index (χ0) is 14.2. The van der Waals surface area contributed by atoms with Gasteiger partial charge >= 0.3 is 0 Å². The first kappa shape index (κ1) is 15.5. The maximum absolute atomic E-state index is 13.4. The fraction of sp³-hybridized carbons (Fsp3) is 0.667. The lowest BCUT2D eigenvalue weighted by molar-refractivity contribution is 0.317. The second kappa shape index (κ2) is 8.41. The third kappa shape index (κ3) is 4.90. The van der Waals surface area contributed by atoms with Crippen LogP contribution in [0.25, 0.3) is 0 Å². The van der Waals surface area contributed by atoms with Crippen molar-refractivity contribution < 1.29 is 4.39 Å². The van der Waals surface area contributed by atoms with Gasteiger partial charge in [0.05, 0.1) is 0 Å². The molecule has 1 saturated carbocycles. The van der Waals surface area contributed by atoms with E-state index in [0.717, 1.165) is 30.9 Å². The molecule has 0 bridgehead atoms. The molecule has 1 aromatic rings. The number of hydrogen-bond acceptors (Lipinski definition) is 1. The van der Waals surface area contributed by atoms with Crippen LogP contribution in [0.5, 0.6) is 0 Å². The molecule has 0 heterocycles. The maximum atomic E-state index is 13.4. The Kier molecular flexibility index (Phi) is 6.52. The van der Waals surface area contributed by atoms with Crippen LogP contribution in [0.1, 0.15) is 57.4 Å². The predicted molar refractivity (Wildman–Crippen MR) is 83.4 cm³/mol. The Balaban J connectivity index is 2.01. The molecule has 112 valence electrons. The van der Waals surface area contributed by atoms with Crippen LogP contribution in [0.15, 0.2) is 24.3 Å². The molecule has 1 aliphatic carbocycles. The molecule has 1 aliphatic rings. The summed E-state index contributed by atoms with van der Waals surface area (Å²) in [6, 6.07) is 7.62. The molecule has 0 spiro atoms. The molecule has 1 atom stereocenters. The van der Waals surface area contributed by atoms with Crippen molar-refractivity contribution in [1.29, 1.82) is 0 Å². The highest BCUT2D eigenvalue weighted by Gasteiger charge is 2.22. The van der Waals surface area contributed by atoms with Gasteiger partial charge in [0.1, 0.15) is 5.82 Å². The Morgan fingerprint density at radius 1 is 1.20 bits per heavy atom. The predicted octanol–water partition coefficient (Wildman–Crippen LogP) is 4.71. The van der Waals surface area contributed by atoms with E-state index >= 15 is 0 Å². The molecular formula is C18H28FN. The molecule has 2 rings (SSSR count). The number of halogens is 1. The van der Waals surface area contributed by atoms with Gasteiger partial charge < -0.3 is 5.32 Å². The molecule has 0 radical (unpaired) electrons. The highest BCUT2D eigenvalue weighted by molar-refractivity contribution is 5.17. The zero-order valence-electron chi connectivity index (χ0n) is 12.7. The van der Waals surface area contributed by atoms with Gasteiger partial charge in [-0.1, -0.05) is 44.7 Å². The van der Waals surface area contributed by atoms with Gasteiger partial charge in [0.2, 0.25) is 0 Å². The van der Waals surface area contributed by atoms with Gasteiger partial charge in [0, 0.05) is 6.04 Å². The van der Waals surface area contributed by atoms with Gasteiger partial charge in [-0.2, -0.15) is 0 Å². The summed E-state index contributed by atoms with van der Waals surface area (Å²) in [4.78, 5) is 0. The van der Waals surface area contributed by atoms with Gasteiger partial charge in [-0.15, -0.1) is 0 Å². The topological polar surface area (TPSA) is 12.0 Å². The minimum absolute atomic E-state index is 0.113. The minimum Gasteiger partial charge on any atom is -0.313 e. The van der Waals surface area contributed by atoms with Crippen molar-refractivity contribution in [2.24, 2.45) is 5.92 Å². The summed E-state index contributed by atoms with van der Waals surface area (Å²) in [5.74, 6) is 0.643. The highest BCUT2D eigenvalue weighted by Crippen LogP contribution is 2.27. The summed E-state index contributed by atoms with van der Waals surface area (Å²) < 4.78 is 13.4. The first-order valence-electron chi connectivity index (χ1n) is 8.27. The van der Waals surface area contributed by atoms with Crippen molar-refractivity contribution in [3.63, 3.8) is 0 Å². The summed E-state index contributed by atoms with van der Waals surface area (Å²) in [5, 5.41) is 3.71. The SMILES string of the molecule is CCCNC(Cc1cccc(F)c1)C1CCCCCC1. The molecule has 1 unspecified atom stereocenters. The van der Waals surface area contributed by atoms with E-state index in [2.05, 4.69) is 18.3 Å². The lowest BCUT2D eigenvalue weighted by atomic mass is 9.87.